The van der Waals surface area contributed by atoms with Crippen LogP contribution < -0.4 is 24.8 Å². The predicted molar refractivity (Wildman–Crippen MR) is 190 cm³/mol. The fraction of sp³-hybridized carbons (Fsp3) is 0.556. The molecule has 1 aromatic carbocycles. The molecule has 1 saturated heterocycles. The molecule has 16 heteroatoms. The smallest absolute Gasteiger partial charge is 0.328 e. The summed E-state index contributed by atoms with van der Waals surface area (Å²) in [5.74, 6) is -2.01. The van der Waals surface area contributed by atoms with Crippen molar-refractivity contribution in [2.45, 2.75) is 89.3 Å². The number of ketones is 1. The first kappa shape index (κ1) is 38.5. The minimum absolute atomic E-state index is 0.0397. The molecule has 3 fully saturated rings. The van der Waals surface area contributed by atoms with Crippen molar-refractivity contribution in [3.05, 3.63) is 43.1 Å². The van der Waals surface area contributed by atoms with E-state index in [0.717, 1.165) is 5.39 Å². The van der Waals surface area contributed by atoms with Gasteiger partial charge < -0.3 is 29.7 Å². The molecule has 1 aromatic heterocycles. The number of allylic oxidation sites excluding steroid dienone is 1. The van der Waals surface area contributed by atoms with Gasteiger partial charge in [-0.05, 0) is 67.2 Å². The zero-order chi connectivity index (χ0) is 38.2. The fourth-order valence-corrected chi connectivity index (χ4v) is 8.05. The number of sulfonamides is 1. The van der Waals surface area contributed by atoms with E-state index in [2.05, 4.69) is 31.7 Å². The minimum Gasteiger partial charge on any atom is -0.497 e. The number of fused-ring (bicyclic) bond motifs is 1. The van der Waals surface area contributed by atoms with Crippen molar-refractivity contribution in [2.24, 2.45) is 16.7 Å². The average Bonchev–Trinajstić information content (AvgIpc) is 4.02. The van der Waals surface area contributed by atoms with Gasteiger partial charge in [0.05, 0.1) is 37.5 Å². The number of urea groups is 1. The van der Waals surface area contributed by atoms with E-state index >= 15 is 0 Å². The van der Waals surface area contributed by atoms with E-state index in [1.54, 1.807) is 52.3 Å². The zero-order valence-electron chi connectivity index (χ0n) is 30.3. The van der Waals surface area contributed by atoms with Crippen LogP contribution in [0.1, 0.15) is 59.8 Å². The molecule has 2 saturated carbocycles. The Bertz CT molecular complexity index is 1870. The first-order valence-electron chi connectivity index (χ1n) is 17.2. The van der Waals surface area contributed by atoms with Crippen LogP contribution in [0.4, 0.5) is 4.79 Å². The van der Waals surface area contributed by atoms with Gasteiger partial charge in [0.25, 0.3) is 0 Å². The molecule has 0 unspecified atom stereocenters. The molecule has 4 amide bonds. The number of carbonyl (C=O) groups is 5. The van der Waals surface area contributed by atoms with Gasteiger partial charge in [-0.15, -0.1) is 6.58 Å². The lowest BCUT2D eigenvalue weighted by atomic mass is 9.85. The Balaban J connectivity index is 1.43. The van der Waals surface area contributed by atoms with Crippen LogP contribution in [-0.2, 0) is 33.9 Å². The number of likely N-dealkylation sites (tertiary alicyclic amines) is 1. The zero-order valence-corrected chi connectivity index (χ0v) is 31.1. The maximum Gasteiger partial charge on any atom is 0.328 e. The standard InChI is InChI=1S/C36H47N5O10S/c1-8-22-17-36(22,33(45)40-52(47,48)25-10-11-25)18-28(42)27-16-24(51-30-26-12-9-23(49-6)15-21(26)13-14-37-30)19-41(27)31(43)29(35(3,4)5)39-34(46)38-20(2)32(44)50-7/h8-9,12-15,20,22,24-25,27,29H,1,10-11,16-19H2,2-7H3,(H,40,45)(H2,38,39,46)/t20-,22+,24+,27-,29+,36+/m0/s1. The van der Waals surface area contributed by atoms with Gasteiger partial charge in [-0.25, -0.2) is 23.0 Å². The molecule has 6 atom stereocenters. The topological polar surface area (TPSA) is 199 Å². The third-order valence-electron chi connectivity index (χ3n) is 9.98. The highest BCUT2D eigenvalue weighted by molar-refractivity contribution is 7.90. The number of methoxy groups -OCH3 is 2. The van der Waals surface area contributed by atoms with Crippen LogP contribution in [0.5, 0.6) is 11.6 Å². The molecule has 1 aliphatic heterocycles. The minimum atomic E-state index is -3.88. The number of nitrogens with zero attached hydrogens (tertiary/aromatic N) is 2. The lowest BCUT2D eigenvalue weighted by Crippen LogP contribution is -2.59. The highest BCUT2D eigenvalue weighted by Gasteiger charge is 2.61. The second-order valence-electron chi connectivity index (χ2n) is 14.9. The number of ether oxygens (including phenoxy) is 3. The molecule has 52 heavy (non-hydrogen) atoms. The summed E-state index contributed by atoms with van der Waals surface area (Å²) in [6.07, 6.45) is 3.24. The largest absolute Gasteiger partial charge is 0.497 e. The molecule has 0 radical (unpaired) electrons. The Labute approximate surface area is 303 Å². The molecule has 3 aliphatic rings. The molecule has 2 aliphatic carbocycles. The molecule has 15 nitrogen and oxygen atoms in total. The second-order valence-corrected chi connectivity index (χ2v) is 16.8. The van der Waals surface area contributed by atoms with Crippen LogP contribution in [0.25, 0.3) is 10.8 Å². The number of hydrogen-bond donors (Lipinski definition) is 3. The Kier molecular flexibility index (Phi) is 10.9. The molecule has 2 heterocycles. The Hall–Kier alpha value is -4.73. The van der Waals surface area contributed by atoms with E-state index in [4.69, 9.17) is 9.47 Å². The summed E-state index contributed by atoms with van der Waals surface area (Å²) in [5, 5.41) is 5.98. The predicted octanol–water partition coefficient (Wildman–Crippen LogP) is 2.63. The number of carbonyl (C=O) groups excluding carboxylic acids is 5. The third-order valence-corrected chi connectivity index (χ3v) is 11.8. The first-order chi connectivity index (χ1) is 24.4. The number of amides is 4. The first-order valence-corrected chi connectivity index (χ1v) is 18.7. The van der Waals surface area contributed by atoms with Crippen molar-refractivity contribution in [1.29, 1.82) is 0 Å². The summed E-state index contributed by atoms with van der Waals surface area (Å²) in [6, 6.07) is 3.12. The normalized spacial score (nSPS) is 23.9. The lowest BCUT2D eigenvalue weighted by molar-refractivity contribution is -0.142. The number of pyridine rings is 1. The molecule has 2 aromatic rings. The highest BCUT2D eigenvalue weighted by Crippen LogP contribution is 2.57. The van der Waals surface area contributed by atoms with E-state index in [9.17, 15) is 32.4 Å². The summed E-state index contributed by atoms with van der Waals surface area (Å²) in [4.78, 5) is 73.1. The summed E-state index contributed by atoms with van der Waals surface area (Å²) >= 11 is 0. The number of benzene rings is 1. The Morgan fingerprint density at radius 1 is 1.12 bits per heavy atom. The summed E-state index contributed by atoms with van der Waals surface area (Å²) in [6.45, 7) is 10.4. The van der Waals surface area contributed by atoms with Gasteiger partial charge in [-0.2, -0.15) is 0 Å². The van der Waals surface area contributed by atoms with E-state index in [1.807, 2.05) is 6.07 Å². The van der Waals surface area contributed by atoms with Gasteiger partial charge in [0.2, 0.25) is 27.7 Å². The summed E-state index contributed by atoms with van der Waals surface area (Å²) in [7, 11) is -1.14. The third kappa shape index (κ3) is 8.16. The Morgan fingerprint density at radius 3 is 2.42 bits per heavy atom. The van der Waals surface area contributed by atoms with Gasteiger partial charge in [0, 0.05) is 24.4 Å². The number of nitrogens with one attached hydrogen (secondary N) is 3. The molecule has 5 rings (SSSR count). The SMILES string of the molecule is C=C[C@@H]1C[C@]1(CC(=O)[C@@H]1C[C@@H](Oc2nccc3cc(OC)ccc23)CN1C(=O)[C@@H](NC(=O)N[C@@H](C)C(=O)OC)C(C)(C)C)C(=O)NS(=O)(=O)C1CC1. The van der Waals surface area contributed by atoms with E-state index in [-0.39, 0.29) is 31.7 Å². The molecule has 282 valence electrons. The molecule has 0 spiro atoms. The van der Waals surface area contributed by atoms with Crippen molar-refractivity contribution >= 4 is 50.4 Å². The number of esters is 1. The van der Waals surface area contributed by atoms with E-state index < -0.39 is 85.8 Å². The number of hydrogen-bond acceptors (Lipinski definition) is 11. The van der Waals surface area contributed by atoms with Crippen molar-refractivity contribution in [1.82, 2.24) is 25.2 Å². The lowest BCUT2D eigenvalue weighted by Gasteiger charge is -2.35. The highest BCUT2D eigenvalue weighted by atomic mass is 32.2. The van der Waals surface area contributed by atoms with Crippen LogP contribution >= 0.6 is 0 Å². The number of aromatic nitrogens is 1. The number of Topliss-reactive ketones (excluding diaryl/α,β-unsaturated/α-hetero) is 1. The van der Waals surface area contributed by atoms with Crippen molar-refractivity contribution < 1.29 is 46.6 Å². The monoisotopic (exact) mass is 741 g/mol. The summed E-state index contributed by atoms with van der Waals surface area (Å²) in [5.41, 5.74) is -2.20. The molecular formula is C36H47N5O10S. The molecule has 0 bridgehead atoms. The van der Waals surface area contributed by atoms with Gasteiger partial charge in [-0.1, -0.05) is 26.8 Å². The van der Waals surface area contributed by atoms with Crippen molar-refractivity contribution in [3.63, 3.8) is 0 Å². The quantitative estimate of drug-likeness (QED) is 0.190. The summed E-state index contributed by atoms with van der Waals surface area (Å²) < 4.78 is 44.0. The van der Waals surface area contributed by atoms with Crippen molar-refractivity contribution in [2.75, 3.05) is 20.8 Å². The maximum absolute atomic E-state index is 14.5. The average molecular weight is 742 g/mol. The molecular weight excluding hydrogens is 694 g/mol. The van der Waals surface area contributed by atoms with Gasteiger partial charge in [0.1, 0.15) is 23.9 Å². The van der Waals surface area contributed by atoms with Crippen LogP contribution in [0.3, 0.4) is 0 Å². The van der Waals surface area contributed by atoms with Crippen molar-refractivity contribution in [3.8, 4) is 11.6 Å². The van der Waals surface area contributed by atoms with E-state index in [1.165, 1.54) is 25.0 Å². The van der Waals surface area contributed by atoms with Gasteiger partial charge >= 0.3 is 12.0 Å². The van der Waals surface area contributed by atoms with Gasteiger partial charge in [0.15, 0.2) is 5.78 Å². The Morgan fingerprint density at radius 2 is 1.83 bits per heavy atom. The van der Waals surface area contributed by atoms with Crippen LogP contribution in [0.15, 0.2) is 43.1 Å². The fourth-order valence-electron chi connectivity index (χ4n) is 6.67. The van der Waals surface area contributed by atoms with Crippen LogP contribution in [0, 0.1) is 16.7 Å². The van der Waals surface area contributed by atoms with E-state index in [0.29, 0.717) is 24.0 Å². The molecule has 3 N–H and O–H groups in total. The van der Waals surface area contributed by atoms with Gasteiger partial charge in [-0.3, -0.25) is 19.1 Å². The van der Waals surface area contributed by atoms with Crippen LogP contribution in [0.2, 0.25) is 0 Å². The number of rotatable bonds is 14. The maximum atomic E-state index is 14.5. The second kappa shape index (κ2) is 14.7. The van der Waals surface area contributed by atoms with Crippen LogP contribution in [-0.4, -0.2) is 98.1 Å².